The van der Waals surface area contributed by atoms with Gasteiger partial charge in [-0.3, -0.25) is 4.79 Å². The molecule has 18 heavy (non-hydrogen) atoms. The van der Waals surface area contributed by atoms with Crippen molar-refractivity contribution < 1.29 is 9.53 Å². The monoisotopic (exact) mass is 254 g/mol. The normalized spacial score (nSPS) is 30.9. The number of hydrogen-bond acceptors (Lipinski definition) is 4. The maximum atomic E-state index is 12.4. The fourth-order valence-corrected chi connectivity index (χ4v) is 3.17. The minimum atomic E-state index is -0.398. The number of esters is 1. The molecule has 2 fully saturated rings. The van der Waals surface area contributed by atoms with Crippen molar-refractivity contribution in [3.63, 3.8) is 0 Å². The molecule has 0 aromatic heterocycles. The van der Waals surface area contributed by atoms with Gasteiger partial charge in [0.2, 0.25) is 0 Å². The minimum absolute atomic E-state index is 0.0258. The second-order valence-electron chi connectivity index (χ2n) is 6.93. The second-order valence-corrected chi connectivity index (χ2v) is 6.93. The van der Waals surface area contributed by atoms with E-state index in [9.17, 15) is 4.79 Å². The number of hydrogen-bond donors (Lipinski definition) is 2. The summed E-state index contributed by atoms with van der Waals surface area (Å²) in [5.41, 5.74) is 5.52. The third-order valence-electron chi connectivity index (χ3n) is 4.34. The van der Waals surface area contributed by atoms with Crippen LogP contribution in [0.15, 0.2) is 0 Å². The van der Waals surface area contributed by atoms with Crippen LogP contribution in [0.1, 0.15) is 40.0 Å². The van der Waals surface area contributed by atoms with Crippen LogP contribution in [-0.4, -0.2) is 31.2 Å². The minimum Gasteiger partial charge on any atom is -0.460 e. The number of carbonyl (C=O) groups is 1. The molecule has 0 aromatic rings. The Morgan fingerprint density at radius 1 is 1.44 bits per heavy atom. The molecule has 2 rings (SSSR count). The maximum Gasteiger partial charge on any atom is 0.310 e. The lowest BCUT2D eigenvalue weighted by molar-refractivity contribution is -0.171. The van der Waals surface area contributed by atoms with Crippen molar-refractivity contribution in [2.75, 3.05) is 19.6 Å². The van der Waals surface area contributed by atoms with E-state index < -0.39 is 5.60 Å². The summed E-state index contributed by atoms with van der Waals surface area (Å²) in [6, 6.07) is 0. The standard InChI is InChI=1S/C14H26N2O2/c1-13(2,3)18-12(17)11-6-10(7-15)4-5-14(11)8-16-9-14/h10-11,16H,4-9,15H2,1-3H3. The Labute approximate surface area is 110 Å². The van der Waals surface area contributed by atoms with E-state index in [4.69, 9.17) is 10.5 Å². The molecular formula is C14H26N2O2. The highest BCUT2D eigenvalue weighted by Gasteiger charge is 2.51. The molecule has 2 atom stereocenters. The third-order valence-corrected chi connectivity index (χ3v) is 4.34. The van der Waals surface area contributed by atoms with E-state index in [1.807, 2.05) is 20.8 Å². The van der Waals surface area contributed by atoms with Gasteiger partial charge in [0.05, 0.1) is 5.92 Å². The van der Waals surface area contributed by atoms with E-state index >= 15 is 0 Å². The van der Waals surface area contributed by atoms with Crippen LogP contribution in [-0.2, 0) is 9.53 Å². The molecule has 1 saturated heterocycles. The van der Waals surface area contributed by atoms with Crippen molar-refractivity contribution in [2.45, 2.75) is 45.6 Å². The van der Waals surface area contributed by atoms with E-state index in [0.29, 0.717) is 12.5 Å². The largest absolute Gasteiger partial charge is 0.460 e. The van der Waals surface area contributed by atoms with Crippen LogP contribution < -0.4 is 11.1 Å². The Morgan fingerprint density at radius 3 is 2.56 bits per heavy atom. The van der Waals surface area contributed by atoms with Gasteiger partial charge in [0.15, 0.2) is 0 Å². The number of nitrogens with one attached hydrogen (secondary N) is 1. The molecule has 0 aromatic carbocycles. The van der Waals surface area contributed by atoms with E-state index in [1.165, 1.54) is 0 Å². The van der Waals surface area contributed by atoms with Crippen LogP contribution in [0.2, 0.25) is 0 Å². The van der Waals surface area contributed by atoms with Crippen LogP contribution in [0, 0.1) is 17.3 Å². The Balaban J connectivity index is 2.08. The van der Waals surface area contributed by atoms with Gasteiger partial charge in [-0.1, -0.05) is 0 Å². The van der Waals surface area contributed by atoms with Gasteiger partial charge in [0, 0.05) is 18.5 Å². The molecule has 1 aliphatic carbocycles. The first-order valence-corrected chi connectivity index (χ1v) is 7.00. The molecule has 0 radical (unpaired) electrons. The van der Waals surface area contributed by atoms with Crippen LogP contribution in [0.3, 0.4) is 0 Å². The van der Waals surface area contributed by atoms with Crippen LogP contribution in [0.25, 0.3) is 0 Å². The molecule has 2 unspecified atom stereocenters. The second kappa shape index (κ2) is 4.82. The lowest BCUT2D eigenvalue weighted by atomic mass is 9.60. The summed E-state index contributed by atoms with van der Waals surface area (Å²) in [6.45, 7) is 8.38. The molecule has 1 saturated carbocycles. The van der Waals surface area contributed by atoms with Crippen molar-refractivity contribution in [1.29, 1.82) is 0 Å². The van der Waals surface area contributed by atoms with Crippen molar-refractivity contribution in [2.24, 2.45) is 23.0 Å². The summed E-state index contributed by atoms with van der Waals surface area (Å²) in [6.07, 6.45) is 3.15. The zero-order chi connectivity index (χ0) is 13.4. The number of rotatable bonds is 2. The third kappa shape index (κ3) is 2.69. The van der Waals surface area contributed by atoms with Crippen molar-refractivity contribution >= 4 is 5.97 Å². The summed E-state index contributed by atoms with van der Waals surface area (Å²) in [4.78, 5) is 12.4. The van der Waals surface area contributed by atoms with Gasteiger partial charge >= 0.3 is 5.97 Å². The Morgan fingerprint density at radius 2 is 2.11 bits per heavy atom. The van der Waals surface area contributed by atoms with Crippen LogP contribution in [0.4, 0.5) is 0 Å². The first-order valence-electron chi connectivity index (χ1n) is 7.00. The molecule has 1 aliphatic heterocycles. The predicted molar refractivity (Wildman–Crippen MR) is 71.0 cm³/mol. The SMILES string of the molecule is CC(C)(C)OC(=O)C1CC(CN)CCC12CNC2. The number of nitrogens with two attached hydrogens (primary N) is 1. The zero-order valence-corrected chi connectivity index (χ0v) is 11.8. The fraction of sp³-hybridized carbons (Fsp3) is 0.929. The van der Waals surface area contributed by atoms with E-state index in [0.717, 1.165) is 32.4 Å². The Bertz CT molecular complexity index is 318. The summed E-state index contributed by atoms with van der Waals surface area (Å²) in [5.74, 6) is 0.483. The van der Waals surface area contributed by atoms with E-state index in [2.05, 4.69) is 5.32 Å². The van der Waals surface area contributed by atoms with Gasteiger partial charge in [0.1, 0.15) is 5.60 Å². The van der Waals surface area contributed by atoms with Crippen molar-refractivity contribution in [1.82, 2.24) is 5.32 Å². The number of carbonyl (C=O) groups excluding carboxylic acids is 1. The first-order chi connectivity index (χ1) is 8.36. The van der Waals surface area contributed by atoms with E-state index in [1.54, 1.807) is 0 Å². The van der Waals surface area contributed by atoms with Gasteiger partial charge < -0.3 is 15.8 Å². The molecule has 3 N–H and O–H groups in total. The average molecular weight is 254 g/mol. The lowest BCUT2D eigenvalue weighted by Crippen LogP contribution is -2.62. The highest BCUT2D eigenvalue weighted by molar-refractivity contribution is 5.74. The van der Waals surface area contributed by atoms with Crippen LogP contribution >= 0.6 is 0 Å². The van der Waals surface area contributed by atoms with Gasteiger partial charge in [0.25, 0.3) is 0 Å². The molecule has 4 heteroatoms. The summed E-state index contributed by atoms with van der Waals surface area (Å²) >= 11 is 0. The molecule has 4 nitrogen and oxygen atoms in total. The smallest absolute Gasteiger partial charge is 0.310 e. The average Bonchev–Trinajstić information content (AvgIpc) is 2.23. The quantitative estimate of drug-likeness (QED) is 0.729. The topological polar surface area (TPSA) is 64.3 Å². The molecule has 1 spiro atoms. The van der Waals surface area contributed by atoms with E-state index in [-0.39, 0.29) is 17.3 Å². The zero-order valence-electron chi connectivity index (χ0n) is 11.8. The molecule has 104 valence electrons. The van der Waals surface area contributed by atoms with Crippen molar-refractivity contribution in [3.8, 4) is 0 Å². The maximum absolute atomic E-state index is 12.4. The molecule has 2 aliphatic rings. The van der Waals surface area contributed by atoms with Crippen molar-refractivity contribution in [3.05, 3.63) is 0 Å². The molecule has 1 heterocycles. The summed E-state index contributed by atoms with van der Waals surface area (Å²) in [7, 11) is 0. The highest BCUT2D eigenvalue weighted by Crippen LogP contribution is 2.46. The van der Waals surface area contributed by atoms with Gasteiger partial charge in [-0.25, -0.2) is 0 Å². The summed E-state index contributed by atoms with van der Waals surface area (Å²) in [5, 5.41) is 3.31. The van der Waals surface area contributed by atoms with Gasteiger partial charge in [-0.15, -0.1) is 0 Å². The predicted octanol–water partition coefficient (Wildman–Crippen LogP) is 1.29. The van der Waals surface area contributed by atoms with Crippen LogP contribution in [0.5, 0.6) is 0 Å². The van der Waals surface area contributed by atoms with Gasteiger partial charge in [-0.05, 0) is 52.5 Å². The molecule has 0 bridgehead atoms. The Hall–Kier alpha value is -0.610. The highest BCUT2D eigenvalue weighted by atomic mass is 16.6. The molecular weight excluding hydrogens is 228 g/mol. The summed E-state index contributed by atoms with van der Waals surface area (Å²) < 4.78 is 5.59. The van der Waals surface area contributed by atoms with Gasteiger partial charge in [-0.2, -0.15) is 0 Å². The first kappa shape index (κ1) is 13.8. The fourth-order valence-electron chi connectivity index (χ4n) is 3.17. The molecule has 0 amide bonds. The Kier molecular flexibility index (Phi) is 3.70. The number of ether oxygens (including phenoxy) is 1. The lowest BCUT2D eigenvalue weighted by Gasteiger charge is -2.52.